The van der Waals surface area contributed by atoms with Crippen molar-refractivity contribution in [1.29, 1.82) is 0 Å². The molecule has 0 unspecified atom stereocenters. The van der Waals surface area contributed by atoms with Crippen LogP contribution < -0.4 is 31.9 Å². The second kappa shape index (κ2) is 23.2. The quantitative estimate of drug-likeness (QED) is 0.0771. The van der Waals surface area contributed by atoms with Crippen LogP contribution in [-0.4, -0.2) is 180 Å². The standard InChI is InChI=1S/C26H32N8O7S.C23H28N8O7S/c1-4-27-23(35)19-18-20(41-26(2,3)40-18)24(39-19)34-14-30-17-21(28-13-29-22(17)34)32-25(36)31-15-7-9-16(10-8-15)42(37,38)33-11-5-6-12-33;1-2-24-21(34)18-16(32)17(33)22(38-18)31-12-27-15-19(25-11-26-20(15)31)29-23(35)28-13-5-7-14(8-6-13)39(36,37)30-9-3-4-10-30/h7-10,13-14,18-20,24H,4-6,11-12H2,1-3H3,(H,27,35)(H2,28,29,31,32,36);5-8,11-12,16-18,22,32-33H,2-4,9-10H2,1H3,(H,24,34)(H2,25,26,28,29,35)/t18-,19+,20-,24-;16-,17+,18-,22+/m10/s1. The molecule has 30 nitrogen and oxygen atoms in total. The van der Waals surface area contributed by atoms with Gasteiger partial charge in [0.05, 0.1) is 22.4 Å². The van der Waals surface area contributed by atoms with Crippen LogP contribution in [0.3, 0.4) is 0 Å². The normalized spacial score (nSPS) is 24.6. The van der Waals surface area contributed by atoms with E-state index in [0.717, 1.165) is 25.7 Å². The molecule has 6 aromatic rings. The van der Waals surface area contributed by atoms with Crippen LogP contribution in [0.5, 0.6) is 0 Å². The molecule has 5 saturated heterocycles. The fourth-order valence-electron chi connectivity index (χ4n) is 10.0. The highest BCUT2D eigenvalue weighted by molar-refractivity contribution is 7.89. The Hall–Kier alpha value is -7.40. The van der Waals surface area contributed by atoms with Crippen molar-refractivity contribution in [2.24, 2.45) is 0 Å². The van der Waals surface area contributed by atoms with Crippen LogP contribution >= 0.6 is 0 Å². The molecule has 0 aliphatic carbocycles. The first-order valence-corrected chi connectivity index (χ1v) is 29.0. The molecule has 0 spiro atoms. The van der Waals surface area contributed by atoms with Gasteiger partial charge in [0.15, 0.2) is 64.4 Å². The Balaban J connectivity index is 0.000000182. The molecule has 32 heteroatoms. The lowest BCUT2D eigenvalue weighted by molar-refractivity contribution is -0.197. The number of hydrogen-bond donors (Lipinski definition) is 8. The molecule has 6 amide bonds. The maximum atomic E-state index is 12.8. The number of amides is 6. The average molecular weight is 1160 g/mol. The summed E-state index contributed by atoms with van der Waals surface area (Å²) in [6.07, 6.45) is 0.290. The number of sulfonamides is 2. The monoisotopic (exact) mass is 1160 g/mol. The molecule has 2 aromatic carbocycles. The zero-order valence-electron chi connectivity index (χ0n) is 44.2. The van der Waals surface area contributed by atoms with Crippen LogP contribution in [0, 0.1) is 0 Å². The van der Waals surface area contributed by atoms with Crippen molar-refractivity contribution in [3.63, 3.8) is 0 Å². The minimum atomic E-state index is -3.57. The number of aliphatic hydroxyl groups excluding tert-OH is 2. The molecule has 0 saturated carbocycles. The number of fused-ring (bicyclic) bond motifs is 3. The predicted molar refractivity (Wildman–Crippen MR) is 286 cm³/mol. The summed E-state index contributed by atoms with van der Waals surface area (Å²) in [7, 11) is -7.13. The van der Waals surface area contributed by atoms with Crippen molar-refractivity contribution < 1.29 is 65.2 Å². The third kappa shape index (κ3) is 11.6. The summed E-state index contributed by atoms with van der Waals surface area (Å²) >= 11 is 0. The zero-order chi connectivity index (χ0) is 57.4. The van der Waals surface area contributed by atoms with E-state index in [1.165, 1.54) is 87.0 Å². The number of aliphatic hydroxyl groups is 2. The van der Waals surface area contributed by atoms with Crippen molar-refractivity contribution in [2.75, 3.05) is 60.5 Å². The number of rotatable bonds is 14. The maximum Gasteiger partial charge on any atom is 0.324 e. The molecule has 81 heavy (non-hydrogen) atoms. The van der Waals surface area contributed by atoms with Gasteiger partial charge in [-0.05, 0) is 102 Å². The molecule has 5 aliphatic heterocycles. The largest absolute Gasteiger partial charge is 0.387 e. The zero-order valence-corrected chi connectivity index (χ0v) is 45.8. The number of hydrogen-bond acceptors (Lipinski definition) is 20. The van der Waals surface area contributed by atoms with Crippen LogP contribution in [-0.2, 0) is 48.6 Å². The Labute approximate surface area is 463 Å². The van der Waals surface area contributed by atoms with E-state index in [4.69, 9.17) is 18.9 Å². The summed E-state index contributed by atoms with van der Waals surface area (Å²) in [6, 6.07) is 10.6. The second-order valence-electron chi connectivity index (χ2n) is 19.8. The van der Waals surface area contributed by atoms with Gasteiger partial charge in [-0.15, -0.1) is 0 Å². The van der Waals surface area contributed by atoms with Crippen LogP contribution in [0.4, 0.5) is 32.6 Å². The molecule has 4 aromatic heterocycles. The molecule has 432 valence electrons. The van der Waals surface area contributed by atoms with E-state index >= 15 is 0 Å². The topological polar surface area (TPSA) is 380 Å². The lowest BCUT2D eigenvalue weighted by Gasteiger charge is -2.24. The number of anilines is 4. The molecule has 9 heterocycles. The molecule has 8 N–H and O–H groups in total. The number of aromatic nitrogens is 8. The number of urea groups is 2. The van der Waals surface area contributed by atoms with E-state index in [1.54, 1.807) is 25.3 Å². The highest BCUT2D eigenvalue weighted by Crippen LogP contribution is 2.44. The summed E-state index contributed by atoms with van der Waals surface area (Å²) in [5.74, 6) is -1.60. The van der Waals surface area contributed by atoms with Gasteiger partial charge in [-0.1, -0.05) is 0 Å². The molecule has 0 bridgehead atoms. The Kier molecular flexibility index (Phi) is 16.3. The number of carbonyl (C=O) groups excluding carboxylic acids is 4. The number of ether oxygens (including phenoxy) is 4. The molecule has 5 aliphatic rings. The summed E-state index contributed by atoms with van der Waals surface area (Å²) in [6.45, 7) is 9.84. The van der Waals surface area contributed by atoms with Gasteiger partial charge in [0.2, 0.25) is 20.0 Å². The Morgan fingerprint density at radius 1 is 0.568 bits per heavy atom. The van der Waals surface area contributed by atoms with Gasteiger partial charge in [-0.2, -0.15) is 8.61 Å². The molecular weight excluding hydrogens is 1100 g/mol. The first kappa shape index (κ1) is 56.9. The first-order chi connectivity index (χ1) is 38.8. The van der Waals surface area contributed by atoms with Gasteiger partial charge in [-0.3, -0.25) is 29.4 Å². The first-order valence-electron chi connectivity index (χ1n) is 26.1. The number of nitrogens with one attached hydrogen (secondary N) is 6. The number of imidazole rings is 2. The van der Waals surface area contributed by atoms with E-state index in [2.05, 4.69) is 61.8 Å². The van der Waals surface area contributed by atoms with Gasteiger partial charge in [0.25, 0.3) is 11.8 Å². The lowest BCUT2D eigenvalue weighted by Crippen LogP contribution is -2.42. The Bertz CT molecular complexity index is 3540. The van der Waals surface area contributed by atoms with Crippen molar-refractivity contribution in [1.82, 2.24) is 58.3 Å². The number of likely N-dealkylation sites (N-methyl/N-ethyl adjacent to an activating group) is 2. The predicted octanol–water partition coefficient (Wildman–Crippen LogP) is 1.82. The highest BCUT2D eigenvalue weighted by atomic mass is 32.2. The number of carbonyl (C=O) groups is 4. The van der Waals surface area contributed by atoms with E-state index in [1.807, 2.05) is 6.92 Å². The van der Waals surface area contributed by atoms with Gasteiger partial charge in [0.1, 0.15) is 37.1 Å². The molecule has 8 atom stereocenters. The smallest absolute Gasteiger partial charge is 0.324 e. The third-order valence-electron chi connectivity index (χ3n) is 13.8. The summed E-state index contributed by atoms with van der Waals surface area (Å²) in [5, 5.41) is 36.7. The maximum absolute atomic E-state index is 12.8. The molecule has 0 radical (unpaired) electrons. The minimum absolute atomic E-state index is 0.0535. The van der Waals surface area contributed by atoms with Crippen LogP contribution in [0.1, 0.15) is 65.8 Å². The number of benzene rings is 2. The van der Waals surface area contributed by atoms with E-state index in [9.17, 15) is 46.2 Å². The summed E-state index contributed by atoms with van der Waals surface area (Å²) < 4.78 is 80.6. The second-order valence-corrected chi connectivity index (χ2v) is 23.6. The van der Waals surface area contributed by atoms with Crippen molar-refractivity contribution in [3.05, 3.63) is 73.8 Å². The minimum Gasteiger partial charge on any atom is -0.387 e. The van der Waals surface area contributed by atoms with Gasteiger partial charge >= 0.3 is 12.1 Å². The van der Waals surface area contributed by atoms with Crippen molar-refractivity contribution >= 4 is 89.3 Å². The summed E-state index contributed by atoms with van der Waals surface area (Å²) in [4.78, 5) is 76.1. The van der Waals surface area contributed by atoms with Crippen molar-refractivity contribution in [3.8, 4) is 0 Å². The van der Waals surface area contributed by atoms with Crippen LogP contribution in [0.15, 0.2) is 83.6 Å². The van der Waals surface area contributed by atoms with Gasteiger partial charge < -0.3 is 50.4 Å². The Morgan fingerprint density at radius 2 is 0.988 bits per heavy atom. The van der Waals surface area contributed by atoms with E-state index in [-0.39, 0.29) is 38.5 Å². The molecular formula is C49H60N16O14S2. The van der Waals surface area contributed by atoms with Gasteiger partial charge in [0, 0.05) is 50.6 Å². The van der Waals surface area contributed by atoms with Crippen LogP contribution in [0.25, 0.3) is 22.3 Å². The van der Waals surface area contributed by atoms with E-state index < -0.39 is 92.9 Å². The van der Waals surface area contributed by atoms with Crippen LogP contribution in [0.2, 0.25) is 0 Å². The van der Waals surface area contributed by atoms with E-state index in [0.29, 0.717) is 61.8 Å². The average Bonchev–Trinajstić information content (AvgIpc) is 3.63. The SMILES string of the molecule is CCNC(=O)[C@H]1O[C@@H](n2cnc3c(NC(=O)Nc4ccc(S(=O)(=O)N5CCCC5)cc4)ncnc32)[C@@H]2OC(C)(C)O[C@@H]21.CCNC(=O)[C@H]1O[C@@H](n2cnc3c(NC(=O)Nc4ccc(S(=O)(=O)N5CCCC5)cc4)ncnc32)[C@H](O)[C@@H]1O. The lowest BCUT2D eigenvalue weighted by atomic mass is 10.1. The Morgan fingerprint density at radius 3 is 1.44 bits per heavy atom. The summed E-state index contributed by atoms with van der Waals surface area (Å²) in [5.41, 5.74) is 1.75. The molecule has 5 fully saturated rings. The third-order valence-corrected chi connectivity index (χ3v) is 17.7. The van der Waals surface area contributed by atoms with Crippen molar-refractivity contribution in [2.45, 2.75) is 118 Å². The highest BCUT2D eigenvalue weighted by Gasteiger charge is 2.58. The molecule has 11 rings (SSSR count). The fraction of sp³-hybridized carbons (Fsp3) is 0.469. The fourth-order valence-corrected chi connectivity index (χ4v) is 13.1. The number of nitrogens with zero attached hydrogens (tertiary/aromatic N) is 10. The van der Waals surface area contributed by atoms with Gasteiger partial charge in [-0.25, -0.2) is 56.3 Å².